The Labute approximate surface area is 163 Å². The molecule has 0 aliphatic heterocycles. The summed E-state index contributed by atoms with van der Waals surface area (Å²) in [4.78, 5) is 8.73. The van der Waals surface area contributed by atoms with Crippen LogP contribution in [0.25, 0.3) is 0 Å². The Bertz CT molecular complexity index is 816. The first-order valence-electron chi connectivity index (χ1n) is 8.62. The highest BCUT2D eigenvalue weighted by Crippen LogP contribution is 2.26. The van der Waals surface area contributed by atoms with Crippen molar-refractivity contribution in [3.63, 3.8) is 0 Å². The Morgan fingerprint density at radius 3 is 1.89 bits per heavy atom. The third-order valence-corrected chi connectivity index (χ3v) is 3.62. The minimum absolute atomic E-state index is 0.294. The van der Waals surface area contributed by atoms with E-state index in [1.165, 1.54) is 0 Å². The fourth-order valence-electron chi connectivity index (χ4n) is 2.17. The Morgan fingerprint density at radius 2 is 1.41 bits per heavy atom. The normalized spacial score (nSPS) is 10.1. The van der Waals surface area contributed by atoms with Crippen molar-refractivity contribution in [1.29, 1.82) is 0 Å². The largest absolute Gasteiger partial charge is 0.439 e. The lowest BCUT2D eigenvalue weighted by molar-refractivity contribution is 0.435. The molecule has 0 spiro atoms. The molecule has 2 N–H and O–H groups in total. The molecule has 0 aliphatic rings. The summed E-state index contributed by atoms with van der Waals surface area (Å²) in [5.41, 5.74) is 0. The van der Waals surface area contributed by atoms with Gasteiger partial charge in [-0.1, -0.05) is 43.3 Å². The maximum Gasteiger partial charge on any atom is 0.235 e. The predicted octanol–water partition coefficient (Wildman–Crippen LogP) is 4.76. The van der Waals surface area contributed by atoms with Gasteiger partial charge < -0.3 is 20.1 Å². The van der Waals surface area contributed by atoms with Crippen LogP contribution >= 0.6 is 12.2 Å². The van der Waals surface area contributed by atoms with E-state index in [9.17, 15) is 0 Å². The first-order valence-corrected chi connectivity index (χ1v) is 9.03. The van der Waals surface area contributed by atoms with E-state index in [0.29, 0.717) is 34.3 Å². The Kier molecular flexibility index (Phi) is 6.54. The molecule has 2 aromatic carbocycles. The second-order valence-corrected chi connectivity index (χ2v) is 5.99. The van der Waals surface area contributed by atoms with Crippen molar-refractivity contribution < 1.29 is 9.47 Å². The lowest BCUT2D eigenvalue weighted by atomic mass is 10.3. The van der Waals surface area contributed by atoms with E-state index >= 15 is 0 Å². The van der Waals surface area contributed by atoms with Crippen LogP contribution in [0, 0.1) is 0 Å². The van der Waals surface area contributed by atoms with Gasteiger partial charge in [-0.2, -0.15) is 9.97 Å². The fourth-order valence-corrected chi connectivity index (χ4v) is 2.36. The Morgan fingerprint density at radius 1 is 0.889 bits per heavy atom. The molecule has 0 fully saturated rings. The van der Waals surface area contributed by atoms with Gasteiger partial charge in [-0.15, -0.1) is 0 Å². The summed E-state index contributed by atoms with van der Waals surface area (Å²) in [5, 5.41) is 6.49. The van der Waals surface area contributed by atoms with E-state index < -0.39 is 0 Å². The standard InChI is InChI=1S/C20H20N4O2S/c1-2-13-21-20(27)24-19-22-17(25-15-9-5-3-6-10-15)14-18(23-19)26-16-11-7-4-8-12-16/h3-12,14H,2,13H2,1H3,(H2,21,22,23,24,27). The van der Waals surface area contributed by atoms with E-state index in [0.717, 1.165) is 13.0 Å². The molecule has 7 heteroatoms. The number of hydrogen-bond acceptors (Lipinski definition) is 5. The molecule has 0 aliphatic carbocycles. The molecular formula is C20H20N4O2S. The zero-order valence-corrected chi connectivity index (χ0v) is 15.7. The predicted molar refractivity (Wildman–Crippen MR) is 110 cm³/mol. The number of benzene rings is 2. The van der Waals surface area contributed by atoms with Crippen LogP contribution in [0.3, 0.4) is 0 Å². The summed E-state index contributed by atoms with van der Waals surface area (Å²) >= 11 is 5.26. The third-order valence-electron chi connectivity index (χ3n) is 3.37. The molecule has 138 valence electrons. The van der Waals surface area contributed by atoms with Gasteiger partial charge in [0.25, 0.3) is 0 Å². The monoisotopic (exact) mass is 380 g/mol. The van der Waals surface area contributed by atoms with Gasteiger partial charge in [-0.05, 0) is 42.9 Å². The molecule has 0 radical (unpaired) electrons. The average molecular weight is 380 g/mol. The second kappa shape index (κ2) is 9.49. The molecule has 27 heavy (non-hydrogen) atoms. The van der Waals surface area contributed by atoms with Crippen LogP contribution in [0.2, 0.25) is 0 Å². The summed E-state index contributed by atoms with van der Waals surface area (Å²) in [5.74, 6) is 2.33. The second-order valence-electron chi connectivity index (χ2n) is 5.58. The molecule has 6 nitrogen and oxygen atoms in total. The molecule has 0 saturated carbocycles. The molecule has 3 rings (SSSR count). The van der Waals surface area contributed by atoms with E-state index in [-0.39, 0.29) is 0 Å². The van der Waals surface area contributed by atoms with Gasteiger partial charge in [0.15, 0.2) is 5.11 Å². The lowest BCUT2D eigenvalue weighted by Gasteiger charge is -2.12. The zero-order valence-electron chi connectivity index (χ0n) is 14.9. The van der Waals surface area contributed by atoms with Crippen molar-refractivity contribution >= 4 is 23.3 Å². The van der Waals surface area contributed by atoms with Gasteiger partial charge >= 0.3 is 0 Å². The third kappa shape index (κ3) is 5.93. The SMILES string of the molecule is CCCNC(=S)Nc1nc(Oc2ccccc2)cc(Oc2ccccc2)n1. The van der Waals surface area contributed by atoms with Gasteiger partial charge in [0, 0.05) is 6.54 Å². The number of hydrogen-bond donors (Lipinski definition) is 2. The van der Waals surface area contributed by atoms with Gasteiger partial charge in [0.2, 0.25) is 17.7 Å². The van der Waals surface area contributed by atoms with E-state index in [1.54, 1.807) is 6.07 Å². The van der Waals surface area contributed by atoms with Gasteiger partial charge in [-0.25, -0.2) is 0 Å². The van der Waals surface area contributed by atoms with Crippen molar-refractivity contribution in [2.24, 2.45) is 0 Å². The van der Waals surface area contributed by atoms with Gasteiger partial charge in [0.05, 0.1) is 6.07 Å². The molecule has 0 atom stereocenters. The van der Waals surface area contributed by atoms with Crippen molar-refractivity contribution in [1.82, 2.24) is 15.3 Å². The minimum Gasteiger partial charge on any atom is -0.439 e. The quantitative estimate of drug-likeness (QED) is 0.573. The zero-order chi connectivity index (χ0) is 18.9. The molecule has 0 saturated heterocycles. The summed E-state index contributed by atoms with van der Waals surface area (Å²) in [6.07, 6.45) is 0.961. The van der Waals surface area contributed by atoms with Crippen molar-refractivity contribution in [3.8, 4) is 23.3 Å². The Balaban J connectivity index is 1.83. The molecule has 0 bridgehead atoms. The number of nitrogens with one attached hydrogen (secondary N) is 2. The summed E-state index contributed by atoms with van der Waals surface area (Å²) in [7, 11) is 0. The molecule has 0 amide bonds. The Hall–Kier alpha value is -3.19. The first-order chi connectivity index (χ1) is 13.2. The van der Waals surface area contributed by atoms with Gasteiger partial charge in [0.1, 0.15) is 11.5 Å². The maximum absolute atomic E-state index is 5.83. The number of rotatable bonds is 7. The fraction of sp³-hybridized carbons (Fsp3) is 0.150. The van der Waals surface area contributed by atoms with Crippen LogP contribution in [0.4, 0.5) is 5.95 Å². The number of thiocarbonyl (C=S) groups is 1. The number of ether oxygens (including phenoxy) is 2. The van der Waals surface area contributed by atoms with E-state index in [1.807, 2.05) is 60.7 Å². The highest BCUT2D eigenvalue weighted by molar-refractivity contribution is 7.80. The number of anilines is 1. The maximum atomic E-state index is 5.83. The van der Waals surface area contributed by atoms with Crippen LogP contribution in [-0.2, 0) is 0 Å². The summed E-state index contributed by atoms with van der Waals surface area (Å²) < 4.78 is 11.7. The van der Waals surface area contributed by atoms with Crippen molar-refractivity contribution in [2.75, 3.05) is 11.9 Å². The molecule has 1 aromatic heterocycles. The smallest absolute Gasteiger partial charge is 0.235 e. The molecular weight excluding hydrogens is 360 g/mol. The van der Waals surface area contributed by atoms with Crippen molar-refractivity contribution in [3.05, 3.63) is 66.7 Å². The number of nitrogens with zero attached hydrogens (tertiary/aromatic N) is 2. The topological polar surface area (TPSA) is 68.3 Å². The molecule has 3 aromatic rings. The van der Waals surface area contributed by atoms with E-state index in [2.05, 4.69) is 27.5 Å². The van der Waals surface area contributed by atoms with E-state index in [4.69, 9.17) is 21.7 Å². The van der Waals surface area contributed by atoms with Crippen LogP contribution in [-0.4, -0.2) is 21.6 Å². The molecule has 1 heterocycles. The number of para-hydroxylation sites is 2. The number of aromatic nitrogens is 2. The van der Waals surface area contributed by atoms with Crippen LogP contribution in [0.15, 0.2) is 66.7 Å². The minimum atomic E-state index is 0.294. The average Bonchev–Trinajstić information content (AvgIpc) is 2.68. The highest BCUT2D eigenvalue weighted by Gasteiger charge is 2.10. The first kappa shape index (κ1) is 18.6. The molecule has 0 unspecified atom stereocenters. The summed E-state index contributed by atoms with van der Waals surface area (Å²) in [6.45, 7) is 2.83. The van der Waals surface area contributed by atoms with Crippen LogP contribution < -0.4 is 20.1 Å². The van der Waals surface area contributed by atoms with Crippen molar-refractivity contribution in [2.45, 2.75) is 13.3 Å². The van der Waals surface area contributed by atoms with Gasteiger partial charge in [-0.3, -0.25) is 0 Å². The lowest BCUT2D eigenvalue weighted by Crippen LogP contribution is -2.29. The van der Waals surface area contributed by atoms with Crippen LogP contribution in [0.1, 0.15) is 13.3 Å². The highest BCUT2D eigenvalue weighted by atomic mass is 32.1. The van der Waals surface area contributed by atoms with Crippen LogP contribution in [0.5, 0.6) is 23.3 Å². The summed E-state index contributed by atoms with van der Waals surface area (Å²) in [6, 6.07) is 20.4.